The Kier molecular flexibility index (Phi) is 6.81. The van der Waals surface area contributed by atoms with E-state index >= 15 is 0 Å². The van der Waals surface area contributed by atoms with E-state index in [1.165, 1.54) is 66.4 Å². The van der Waals surface area contributed by atoms with Gasteiger partial charge in [-0.3, -0.25) is 0 Å². The predicted molar refractivity (Wildman–Crippen MR) is 155 cm³/mol. The van der Waals surface area contributed by atoms with Gasteiger partial charge in [0, 0.05) is 11.1 Å². The number of hydrogen-bond acceptors (Lipinski definition) is 0. The first-order valence-corrected chi connectivity index (χ1v) is 12.3. The molecule has 0 heterocycles. The van der Waals surface area contributed by atoms with Crippen LogP contribution >= 0.6 is 0 Å². The standard InChI is InChI=1S/C35H34/c1-9-29(21-20-24(4)30-18-12-14-22(2)25(30)5)34-27(7)28(8)35(33-17-11-10-16-32(33)34)31-19-13-15-23(3)26(31)6/h1,10-21H,2-8H3/b24-20+,29-21+. The zero-order valence-electron chi connectivity index (χ0n) is 22.0. The Balaban J connectivity index is 1.96. The van der Waals surface area contributed by atoms with Crippen molar-refractivity contribution in [3.63, 3.8) is 0 Å². The van der Waals surface area contributed by atoms with Crippen molar-refractivity contribution >= 4 is 21.9 Å². The predicted octanol–water partition coefficient (Wildman–Crippen LogP) is 9.48. The molecule has 0 spiro atoms. The number of benzene rings is 4. The van der Waals surface area contributed by atoms with Crippen LogP contribution in [-0.2, 0) is 0 Å². The third kappa shape index (κ3) is 4.36. The summed E-state index contributed by atoms with van der Waals surface area (Å²) < 4.78 is 0. The SMILES string of the molecule is C#C/C(=C\C=C(/C)c1cccc(C)c1C)c1c(C)c(C)c(-c2cccc(C)c2C)c2ccccc12. The van der Waals surface area contributed by atoms with Gasteiger partial charge in [-0.05, 0) is 121 Å². The Hall–Kier alpha value is -3.82. The third-order valence-corrected chi connectivity index (χ3v) is 7.61. The Bertz CT molecular complexity index is 1550. The number of fused-ring (bicyclic) bond motifs is 1. The first-order valence-electron chi connectivity index (χ1n) is 12.3. The van der Waals surface area contributed by atoms with Crippen LogP contribution < -0.4 is 0 Å². The minimum absolute atomic E-state index is 0.916. The van der Waals surface area contributed by atoms with Gasteiger partial charge in [0.1, 0.15) is 0 Å². The fourth-order valence-corrected chi connectivity index (χ4v) is 5.09. The summed E-state index contributed by atoms with van der Waals surface area (Å²) in [6.07, 6.45) is 10.4. The van der Waals surface area contributed by atoms with E-state index < -0.39 is 0 Å². The smallest absolute Gasteiger partial charge is 0.0324 e. The molecule has 4 aromatic carbocycles. The summed E-state index contributed by atoms with van der Waals surface area (Å²) in [7, 11) is 0. The van der Waals surface area contributed by atoms with E-state index in [4.69, 9.17) is 6.42 Å². The number of allylic oxidation sites excluding steroid dienone is 4. The van der Waals surface area contributed by atoms with Crippen LogP contribution in [0.5, 0.6) is 0 Å². The fourth-order valence-electron chi connectivity index (χ4n) is 5.09. The first-order chi connectivity index (χ1) is 16.8. The highest BCUT2D eigenvalue weighted by atomic mass is 14.2. The Morgan fingerprint density at radius 1 is 0.657 bits per heavy atom. The van der Waals surface area contributed by atoms with E-state index in [9.17, 15) is 0 Å². The summed E-state index contributed by atoms with van der Waals surface area (Å²) in [6, 6.07) is 21.7. The molecular formula is C35H34. The molecule has 0 aromatic heterocycles. The van der Waals surface area contributed by atoms with Crippen molar-refractivity contribution in [3.05, 3.63) is 117 Å². The van der Waals surface area contributed by atoms with Gasteiger partial charge in [0.25, 0.3) is 0 Å². The first kappa shape index (κ1) is 24.3. The van der Waals surface area contributed by atoms with Gasteiger partial charge in [0.05, 0.1) is 0 Å². The summed E-state index contributed by atoms with van der Waals surface area (Å²) >= 11 is 0. The van der Waals surface area contributed by atoms with E-state index in [-0.39, 0.29) is 0 Å². The maximum Gasteiger partial charge on any atom is 0.0324 e. The molecule has 0 nitrogen and oxygen atoms in total. The van der Waals surface area contributed by atoms with Crippen molar-refractivity contribution in [3.8, 4) is 23.5 Å². The molecule has 4 aromatic rings. The molecule has 0 unspecified atom stereocenters. The van der Waals surface area contributed by atoms with Crippen molar-refractivity contribution in [2.75, 3.05) is 0 Å². The van der Waals surface area contributed by atoms with Crippen LogP contribution in [0.1, 0.15) is 51.4 Å². The molecule has 0 saturated carbocycles. The minimum Gasteiger partial charge on any atom is -0.115 e. The number of terminal acetylenes is 1. The van der Waals surface area contributed by atoms with Crippen molar-refractivity contribution in [2.24, 2.45) is 0 Å². The molecule has 4 rings (SSSR count). The Labute approximate surface area is 211 Å². The molecule has 0 fully saturated rings. The maximum atomic E-state index is 6.14. The van der Waals surface area contributed by atoms with Crippen LogP contribution in [0.25, 0.3) is 33.0 Å². The van der Waals surface area contributed by atoms with Crippen LogP contribution in [0.4, 0.5) is 0 Å². The number of rotatable bonds is 4. The van der Waals surface area contributed by atoms with E-state index in [0.717, 1.165) is 11.1 Å². The molecule has 0 bridgehead atoms. The molecule has 35 heavy (non-hydrogen) atoms. The molecule has 0 aliphatic rings. The van der Waals surface area contributed by atoms with Crippen LogP contribution in [0.15, 0.2) is 72.8 Å². The Morgan fingerprint density at radius 3 is 1.97 bits per heavy atom. The molecular weight excluding hydrogens is 420 g/mol. The third-order valence-electron chi connectivity index (χ3n) is 7.61. The van der Waals surface area contributed by atoms with Crippen molar-refractivity contribution in [1.29, 1.82) is 0 Å². The van der Waals surface area contributed by atoms with Crippen LogP contribution in [0.3, 0.4) is 0 Å². The van der Waals surface area contributed by atoms with E-state index in [0.29, 0.717) is 0 Å². The lowest BCUT2D eigenvalue weighted by molar-refractivity contribution is 1.31. The van der Waals surface area contributed by atoms with Gasteiger partial charge in [0.15, 0.2) is 0 Å². The van der Waals surface area contributed by atoms with E-state index in [2.05, 4.69) is 127 Å². The van der Waals surface area contributed by atoms with Gasteiger partial charge in [-0.2, -0.15) is 0 Å². The summed E-state index contributed by atoms with van der Waals surface area (Å²) in [5.74, 6) is 3.01. The van der Waals surface area contributed by atoms with Crippen LogP contribution in [0, 0.1) is 53.9 Å². The quantitative estimate of drug-likeness (QED) is 0.213. The molecule has 174 valence electrons. The second-order valence-corrected chi connectivity index (χ2v) is 9.61. The highest BCUT2D eigenvalue weighted by Crippen LogP contribution is 2.41. The average Bonchev–Trinajstić information content (AvgIpc) is 2.85. The number of aryl methyl sites for hydroxylation is 2. The van der Waals surface area contributed by atoms with Gasteiger partial charge in [-0.25, -0.2) is 0 Å². The van der Waals surface area contributed by atoms with Crippen molar-refractivity contribution in [2.45, 2.75) is 48.5 Å². The van der Waals surface area contributed by atoms with Crippen molar-refractivity contribution < 1.29 is 0 Å². The van der Waals surface area contributed by atoms with Gasteiger partial charge >= 0.3 is 0 Å². The van der Waals surface area contributed by atoms with Gasteiger partial charge < -0.3 is 0 Å². The van der Waals surface area contributed by atoms with Gasteiger partial charge in [-0.1, -0.05) is 72.7 Å². The average molecular weight is 455 g/mol. The Morgan fingerprint density at radius 2 is 1.29 bits per heavy atom. The second kappa shape index (κ2) is 9.81. The maximum absolute atomic E-state index is 6.14. The lowest BCUT2D eigenvalue weighted by atomic mass is 9.83. The fraction of sp³-hybridized carbons (Fsp3) is 0.200. The van der Waals surface area contributed by atoms with E-state index in [1.54, 1.807) is 0 Å². The normalized spacial score (nSPS) is 12.2. The topological polar surface area (TPSA) is 0 Å². The van der Waals surface area contributed by atoms with Crippen LogP contribution in [0.2, 0.25) is 0 Å². The van der Waals surface area contributed by atoms with E-state index in [1.807, 2.05) is 0 Å². The molecule has 0 radical (unpaired) electrons. The number of hydrogen-bond donors (Lipinski definition) is 0. The monoisotopic (exact) mass is 454 g/mol. The molecule has 0 N–H and O–H groups in total. The van der Waals surface area contributed by atoms with Crippen molar-refractivity contribution in [1.82, 2.24) is 0 Å². The highest BCUT2D eigenvalue weighted by Gasteiger charge is 2.18. The molecule has 0 saturated heterocycles. The second-order valence-electron chi connectivity index (χ2n) is 9.61. The van der Waals surface area contributed by atoms with Crippen LogP contribution in [-0.4, -0.2) is 0 Å². The minimum atomic E-state index is 0.916. The summed E-state index contributed by atoms with van der Waals surface area (Å²) in [4.78, 5) is 0. The van der Waals surface area contributed by atoms with Gasteiger partial charge in [-0.15, -0.1) is 6.42 Å². The zero-order chi connectivity index (χ0) is 25.3. The largest absolute Gasteiger partial charge is 0.115 e. The lowest BCUT2D eigenvalue weighted by Crippen LogP contribution is -1.99. The lowest BCUT2D eigenvalue weighted by Gasteiger charge is -2.21. The molecule has 0 aliphatic heterocycles. The summed E-state index contributed by atoms with van der Waals surface area (Å²) in [5, 5.41) is 2.45. The zero-order valence-corrected chi connectivity index (χ0v) is 22.0. The molecule has 0 amide bonds. The highest BCUT2D eigenvalue weighted by molar-refractivity contribution is 6.07. The van der Waals surface area contributed by atoms with Gasteiger partial charge in [0.2, 0.25) is 0 Å². The molecule has 0 aliphatic carbocycles. The molecule has 0 atom stereocenters. The molecule has 0 heteroatoms. The summed E-state index contributed by atoms with van der Waals surface area (Å²) in [6.45, 7) is 15.3. The summed E-state index contributed by atoms with van der Waals surface area (Å²) in [5.41, 5.74) is 14.9.